The Morgan fingerprint density at radius 2 is 1.87 bits per heavy atom. The van der Waals surface area contributed by atoms with Crippen molar-refractivity contribution in [2.45, 2.75) is 13.1 Å². The van der Waals surface area contributed by atoms with Crippen molar-refractivity contribution in [3.05, 3.63) is 101 Å². The molecule has 0 saturated carbocycles. The van der Waals surface area contributed by atoms with Gasteiger partial charge in [-0.2, -0.15) is 18.3 Å². The van der Waals surface area contributed by atoms with Crippen LogP contribution in [0.15, 0.2) is 73.4 Å². The van der Waals surface area contributed by atoms with Crippen LogP contribution < -0.4 is 10.6 Å². The van der Waals surface area contributed by atoms with E-state index in [-0.39, 0.29) is 11.3 Å². The lowest BCUT2D eigenvalue weighted by molar-refractivity contribution is -0.137. The molecule has 0 bridgehead atoms. The molecule has 38 heavy (non-hydrogen) atoms. The van der Waals surface area contributed by atoms with Gasteiger partial charge < -0.3 is 10.6 Å². The van der Waals surface area contributed by atoms with Gasteiger partial charge in [0.05, 0.1) is 23.6 Å². The number of hydrogen-bond donors (Lipinski definition) is 2. The largest absolute Gasteiger partial charge is 0.416 e. The maximum absolute atomic E-state index is 13.0. The highest BCUT2D eigenvalue weighted by atomic mass is 19.4. The quantitative estimate of drug-likeness (QED) is 0.322. The van der Waals surface area contributed by atoms with E-state index in [2.05, 4.69) is 37.5 Å². The Morgan fingerprint density at radius 1 is 1.03 bits per heavy atom. The van der Waals surface area contributed by atoms with Gasteiger partial charge in [0, 0.05) is 42.5 Å². The molecule has 2 N–H and O–H groups in total. The van der Waals surface area contributed by atoms with Crippen LogP contribution in [0.5, 0.6) is 0 Å². The third-order valence-electron chi connectivity index (χ3n) is 5.67. The first-order chi connectivity index (χ1) is 18.2. The zero-order valence-corrected chi connectivity index (χ0v) is 20.2. The topological polar surface area (TPSA) is 89.1 Å². The molecule has 11 heteroatoms. The van der Waals surface area contributed by atoms with Crippen LogP contribution in [0.3, 0.4) is 0 Å². The van der Waals surface area contributed by atoms with Crippen molar-refractivity contribution in [1.29, 1.82) is 0 Å². The van der Waals surface area contributed by atoms with Crippen LogP contribution in [0.25, 0.3) is 5.65 Å². The highest BCUT2D eigenvalue weighted by molar-refractivity contribution is 6.04. The van der Waals surface area contributed by atoms with Crippen LogP contribution >= 0.6 is 0 Å². The van der Waals surface area contributed by atoms with Gasteiger partial charge in [-0.3, -0.25) is 13.9 Å². The molecule has 8 nitrogen and oxygen atoms in total. The van der Waals surface area contributed by atoms with Crippen LogP contribution in [0.4, 0.5) is 30.4 Å². The van der Waals surface area contributed by atoms with Gasteiger partial charge in [0.1, 0.15) is 5.69 Å². The number of benzene rings is 2. The molecule has 0 aliphatic rings. The minimum atomic E-state index is -4.50. The molecule has 0 atom stereocenters. The van der Waals surface area contributed by atoms with E-state index < -0.39 is 17.6 Å². The molecule has 0 fully saturated rings. The monoisotopic (exact) mass is 515 g/mol. The Labute approximate surface area is 215 Å². The number of anilines is 3. The second kappa shape index (κ2) is 9.74. The average Bonchev–Trinajstić information content (AvgIpc) is 3.49. The van der Waals surface area contributed by atoms with Gasteiger partial charge >= 0.3 is 6.18 Å². The summed E-state index contributed by atoms with van der Waals surface area (Å²) in [6.45, 7) is 1.85. The Bertz CT molecular complexity index is 1720. The first-order valence-electron chi connectivity index (χ1n) is 11.4. The van der Waals surface area contributed by atoms with Crippen LogP contribution in [0.2, 0.25) is 0 Å². The van der Waals surface area contributed by atoms with E-state index in [0.29, 0.717) is 22.7 Å². The average molecular weight is 515 g/mol. The number of nitrogens with one attached hydrogen (secondary N) is 2. The molecule has 5 aromatic rings. The van der Waals surface area contributed by atoms with Gasteiger partial charge in [-0.05, 0) is 48.7 Å². The van der Waals surface area contributed by atoms with Gasteiger partial charge in [0.2, 0.25) is 0 Å². The van der Waals surface area contributed by atoms with E-state index in [1.165, 1.54) is 12.1 Å². The smallest absolute Gasteiger partial charge is 0.335 e. The fraction of sp³-hybridized carbons (Fsp3) is 0.111. The Balaban J connectivity index is 1.39. The van der Waals surface area contributed by atoms with E-state index in [1.807, 2.05) is 20.2 Å². The summed E-state index contributed by atoms with van der Waals surface area (Å²) in [7, 11) is 1.81. The number of fused-ring (bicyclic) bond motifs is 1. The SMILES string of the molecule is Cc1ccc(C(=O)Nc2cccc(C(F)(F)F)c2)cc1C#Cc1cnc2c(Nc3cnn(C)c3)nccn12. The number of aryl methyl sites for hydroxylation is 2. The summed E-state index contributed by atoms with van der Waals surface area (Å²) in [6.07, 6.45) is 3.98. The highest BCUT2D eigenvalue weighted by Gasteiger charge is 2.30. The van der Waals surface area contributed by atoms with E-state index in [4.69, 9.17) is 0 Å². The number of nitrogens with zero attached hydrogens (tertiary/aromatic N) is 5. The molecule has 0 spiro atoms. The van der Waals surface area contributed by atoms with Gasteiger partial charge in [-0.15, -0.1) is 0 Å². The van der Waals surface area contributed by atoms with E-state index >= 15 is 0 Å². The Kier molecular flexibility index (Phi) is 6.30. The minimum absolute atomic E-state index is 0.0491. The lowest BCUT2D eigenvalue weighted by Gasteiger charge is -2.10. The van der Waals surface area contributed by atoms with Crippen LogP contribution in [0, 0.1) is 18.8 Å². The molecule has 0 aliphatic heterocycles. The molecule has 190 valence electrons. The zero-order valence-electron chi connectivity index (χ0n) is 20.2. The van der Waals surface area contributed by atoms with E-state index in [1.54, 1.807) is 52.1 Å². The third kappa shape index (κ3) is 5.19. The van der Waals surface area contributed by atoms with Crippen molar-refractivity contribution in [2.24, 2.45) is 7.05 Å². The molecule has 1 amide bonds. The molecule has 5 rings (SSSR count). The predicted molar refractivity (Wildman–Crippen MR) is 136 cm³/mol. The van der Waals surface area contributed by atoms with Gasteiger partial charge in [0.15, 0.2) is 11.5 Å². The van der Waals surface area contributed by atoms with E-state index in [0.717, 1.165) is 23.4 Å². The second-order valence-corrected chi connectivity index (χ2v) is 8.45. The summed E-state index contributed by atoms with van der Waals surface area (Å²) in [5, 5.41) is 9.83. The number of hydrogen-bond acceptors (Lipinski definition) is 5. The van der Waals surface area contributed by atoms with Crippen LogP contribution in [-0.2, 0) is 13.2 Å². The van der Waals surface area contributed by atoms with Crippen molar-refractivity contribution in [3.63, 3.8) is 0 Å². The summed E-state index contributed by atoms with van der Waals surface area (Å²) < 4.78 is 42.5. The van der Waals surface area contributed by atoms with Crippen molar-refractivity contribution in [2.75, 3.05) is 10.6 Å². The summed E-state index contributed by atoms with van der Waals surface area (Å²) in [5.74, 6) is 6.15. The molecule has 0 aliphatic carbocycles. The van der Waals surface area contributed by atoms with Crippen molar-refractivity contribution < 1.29 is 18.0 Å². The maximum Gasteiger partial charge on any atom is 0.416 e. The lowest BCUT2D eigenvalue weighted by Crippen LogP contribution is -2.13. The summed E-state index contributed by atoms with van der Waals surface area (Å²) in [6, 6.07) is 9.42. The van der Waals surface area contributed by atoms with Crippen LogP contribution in [-0.4, -0.2) is 30.1 Å². The summed E-state index contributed by atoms with van der Waals surface area (Å²) in [4.78, 5) is 21.6. The number of carbonyl (C=O) groups excluding carboxylic acids is 1. The number of imidazole rings is 1. The molecule has 3 aromatic heterocycles. The number of carbonyl (C=O) groups is 1. The summed E-state index contributed by atoms with van der Waals surface area (Å²) >= 11 is 0. The van der Waals surface area contributed by atoms with Crippen LogP contribution in [0.1, 0.15) is 32.7 Å². The second-order valence-electron chi connectivity index (χ2n) is 8.45. The number of halogens is 3. The number of alkyl halides is 3. The van der Waals surface area contributed by atoms with Crippen molar-refractivity contribution >= 4 is 28.7 Å². The fourth-order valence-electron chi connectivity index (χ4n) is 3.73. The molecule has 2 aromatic carbocycles. The molecule has 3 heterocycles. The standard InChI is InChI=1S/C27H20F3N7O/c1-17-6-7-19(26(38)35-21-5-3-4-20(13-21)27(28,29)30)12-18(17)8-9-23-15-32-25-24(31-10-11-37(23)25)34-22-14-33-36(2)16-22/h3-7,10-16H,1-2H3,(H,31,34)(H,35,38). The zero-order chi connectivity index (χ0) is 26.9. The molecular weight excluding hydrogens is 495 g/mol. The van der Waals surface area contributed by atoms with E-state index in [9.17, 15) is 18.0 Å². The first kappa shape index (κ1) is 24.6. The van der Waals surface area contributed by atoms with Gasteiger partial charge in [0.25, 0.3) is 5.91 Å². The van der Waals surface area contributed by atoms with Gasteiger partial charge in [-0.1, -0.05) is 18.1 Å². The van der Waals surface area contributed by atoms with Crippen molar-refractivity contribution in [1.82, 2.24) is 24.1 Å². The Morgan fingerprint density at radius 3 is 2.63 bits per heavy atom. The molecule has 0 saturated heterocycles. The highest BCUT2D eigenvalue weighted by Crippen LogP contribution is 2.30. The first-order valence-corrected chi connectivity index (χ1v) is 11.4. The minimum Gasteiger partial charge on any atom is -0.335 e. The van der Waals surface area contributed by atoms with Crippen molar-refractivity contribution in [3.8, 4) is 11.8 Å². The molecule has 0 radical (unpaired) electrons. The van der Waals surface area contributed by atoms with Gasteiger partial charge in [-0.25, -0.2) is 9.97 Å². The molecule has 0 unspecified atom stereocenters. The normalized spacial score (nSPS) is 11.2. The predicted octanol–water partition coefficient (Wildman–Crippen LogP) is 5.19. The Hall–Kier alpha value is -5.11. The number of rotatable bonds is 4. The third-order valence-corrected chi connectivity index (χ3v) is 5.67. The number of aromatic nitrogens is 5. The molecular formula is C27H20F3N7O. The number of amides is 1. The lowest BCUT2D eigenvalue weighted by atomic mass is 10.0. The maximum atomic E-state index is 13.0. The fourth-order valence-corrected chi connectivity index (χ4v) is 3.73. The summed E-state index contributed by atoms with van der Waals surface area (Å²) in [5.41, 5.74) is 2.85.